The van der Waals surface area contributed by atoms with E-state index in [1.165, 1.54) is 20.8 Å². The third-order valence-electron chi connectivity index (χ3n) is 0.814. The molecule has 0 fully saturated rings. The zero-order valence-electron chi connectivity index (χ0n) is 6.57. The molecule has 6 heteroatoms. The van der Waals surface area contributed by atoms with Crippen molar-refractivity contribution in [3.63, 3.8) is 0 Å². The average molecular weight is 182 g/mol. The van der Waals surface area contributed by atoms with E-state index in [-0.39, 0.29) is 0 Å². The van der Waals surface area contributed by atoms with Crippen LogP contribution in [0.4, 0.5) is 0 Å². The van der Waals surface area contributed by atoms with E-state index in [2.05, 4.69) is 4.52 Å². The Bertz CT molecular complexity index is 197. The Morgan fingerprint density at radius 2 is 1.73 bits per heavy atom. The van der Waals surface area contributed by atoms with Gasteiger partial charge in [-0.2, -0.15) is 0 Å². The Morgan fingerprint density at radius 3 is 1.82 bits per heavy atom. The largest absolute Gasteiger partial charge is 0.527 e. The predicted octanol–water partition coefficient (Wildman–Crippen LogP) is 0.668. The van der Waals surface area contributed by atoms with Crippen molar-refractivity contribution >= 4 is 13.8 Å². The minimum Gasteiger partial charge on any atom is -0.370 e. The molecule has 2 N–H and O–H groups in total. The van der Waals surface area contributed by atoms with E-state index in [4.69, 9.17) is 9.79 Å². The molecule has 0 aliphatic heterocycles. The number of phosphoric acid groups is 1. The van der Waals surface area contributed by atoms with Crippen molar-refractivity contribution in [1.29, 1.82) is 0 Å². The van der Waals surface area contributed by atoms with E-state index in [1.807, 2.05) is 0 Å². The average Bonchev–Trinajstić information content (AvgIpc) is 1.56. The molecule has 11 heavy (non-hydrogen) atoms. The van der Waals surface area contributed by atoms with Crippen molar-refractivity contribution < 1.29 is 23.7 Å². The van der Waals surface area contributed by atoms with Gasteiger partial charge in [-0.15, -0.1) is 0 Å². The Kier molecular flexibility index (Phi) is 2.83. The molecule has 0 aromatic carbocycles. The molecule has 0 saturated carbocycles. The predicted molar refractivity (Wildman–Crippen MR) is 37.6 cm³/mol. The normalized spacial score (nSPS) is 12.8. The van der Waals surface area contributed by atoms with Crippen molar-refractivity contribution in [2.45, 2.75) is 20.8 Å². The second kappa shape index (κ2) is 2.93. The van der Waals surface area contributed by atoms with E-state index < -0.39 is 19.2 Å². The summed E-state index contributed by atoms with van der Waals surface area (Å²) in [4.78, 5) is 27.2. The molecule has 0 aromatic heterocycles. The Balaban J connectivity index is 4.23. The molecule has 5 nitrogen and oxygen atoms in total. The summed E-state index contributed by atoms with van der Waals surface area (Å²) < 4.78 is 14.0. The maximum atomic E-state index is 10.8. The first-order valence-corrected chi connectivity index (χ1v) is 4.45. The highest BCUT2D eigenvalue weighted by Gasteiger charge is 2.30. The lowest BCUT2D eigenvalue weighted by Gasteiger charge is -2.16. The van der Waals surface area contributed by atoms with Crippen LogP contribution in [0.1, 0.15) is 20.8 Å². The van der Waals surface area contributed by atoms with Gasteiger partial charge in [-0.05, 0) is 20.8 Å². The van der Waals surface area contributed by atoms with Crippen molar-refractivity contribution in [3.8, 4) is 0 Å². The van der Waals surface area contributed by atoms with Crippen molar-refractivity contribution in [2.75, 3.05) is 0 Å². The molecule has 0 rings (SSSR count). The summed E-state index contributed by atoms with van der Waals surface area (Å²) in [5.41, 5.74) is -0.888. The van der Waals surface area contributed by atoms with E-state index >= 15 is 0 Å². The number of hydrogen-bond acceptors (Lipinski definition) is 3. The van der Waals surface area contributed by atoms with Crippen LogP contribution in [-0.2, 0) is 13.9 Å². The molecular formula is C5H11O5P. The van der Waals surface area contributed by atoms with E-state index in [0.29, 0.717) is 0 Å². The summed E-state index contributed by atoms with van der Waals surface area (Å²) in [5, 5.41) is 0. The van der Waals surface area contributed by atoms with Crippen LogP contribution >= 0.6 is 7.82 Å². The lowest BCUT2D eigenvalue weighted by Crippen LogP contribution is -2.21. The van der Waals surface area contributed by atoms with Gasteiger partial charge in [0, 0.05) is 0 Å². The summed E-state index contributed by atoms with van der Waals surface area (Å²) >= 11 is 0. The maximum absolute atomic E-state index is 10.8. The quantitative estimate of drug-likeness (QED) is 0.582. The molecule has 66 valence electrons. The first-order valence-electron chi connectivity index (χ1n) is 2.92. The molecule has 0 amide bonds. The van der Waals surface area contributed by atoms with E-state index in [1.54, 1.807) is 0 Å². The molecule has 0 heterocycles. The number of hydrogen-bond donors (Lipinski definition) is 2. The van der Waals surface area contributed by atoms with Crippen LogP contribution in [-0.4, -0.2) is 15.8 Å². The second-order valence-electron chi connectivity index (χ2n) is 3.12. The smallest absolute Gasteiger partial charge is 0.370 e. The van der Waals surface area contributed by atoms with Gasteiger partial charge in [0.1, 0.15) is 0 Å². The fourth-order valence-corrected chi connectivity index (χ4v) is 0.735. The Morgan fingerprint density at radius 1 is 1.36 bits per heavy atom. The lowest BCUT2D eigenvalue weighted by molar-refractivity contribution is -0.144. The minimum absolute atomic E-state index is 0.888. The van der Waals surface area contributed by atoms with Gasteiger partial charge in [0.15, 0.2) is 0 Å². The van der Waals surface area contributed by atoms with Crippen LogP contribution in [0.15, 0.2) is 0 Å². The van der Waals surface area contributed by atoms with Gasteiger partial charge in [0.2, 0.25) is 0 Å². The molecule has 0 saturated heterocycles. The van der Waals surface area contributed by atoms with Gasteiger partial charge in [0.25, 0.3) is 0 Å². The van der Waals surface area contributed by atoms with Crippen molar-refractivity contribution in [2.24, 2.45) is 5.41 Å². The Labute approximate surface area is 64.6 Å². The third-order valence-corrected chi connectivity index (χ3v) is 1.22. The SMILES string of the molecule is CC(C)(C)C(=O)OP(=O)(O)O. The van der Waals surface area contributed by atoms with Crippen LogP contribution < -0.4 is 0 Å². The lowest BCUT2D eigenvalue weighted by atomic mass is 9.98. The van der Waals surface area contributed by atoms with Crippen LogP contribution in [0.3, 0.4) is 0 Å². The van der Waals surface area contributed by atoms with Gasteiger partial charge in [0.05, 0.1) is 5.41 Å². The number of carbonyl (C=O) groups is 1. The minimum atomic E-state index is -4.67. The van der Waals surface area contributed by atoms with Gasteiger partial charge in [-0.25, -0.2) is 4.57 Å². The molecule has 0 aromatic rings. The number of rotatable bonds is 1. The van der Waals surface area contributed by atoms with Gasteiger partial charge in [-0.3, -0.25) is 14.6 Å². The molecule has 0 aliphatic carbocycles. The summed E-state index contributed by atoms with van der Waals surface area (Å²) in [6.07, 6.45) is 0. The van der Waals surface area contributed by atoms with Crippen LogP contribution in [0.5, 0.6) is 0 Å². The molecule has 0 unspecified atom stereocenters. The molecule has 0 radical (unpaired) electrons. The van der Waals surface area contributed by atoms with Gasteiger partial charge in [-0.1, -0.05) is 0 Å². The molecule has 0 spiro atoms. The van der Waals surface area contributed by atoms with E-state index in [0.717, 1.165) is 0 Å². The zero-order valence-corrected chi connectivity index (χ0v) is 7.46. The number of phosphoric ester groups is 1. The molecular weight excluding hydrogens is 171 g/mol. The number of carbonyl (C=O) groups excluding carboxylic acids is 1. The summed E-state index contributed by atoms with van der Waals surface area (Å²) in [5.74, 6) is -0.911. The highest BCUT2D eigenvalue weighted by molar-refractivity contribution is 7.46. The topological polar surface area (TPSA) is 83.8 Å². The highest BCUT2D eigenvalue weighted by Crippen LogP contribution is 2.38. The van der Waals surface area contributed by atoms with Crippen molar-refractivity contribution in [3.05, 3.63) is 0 Å². The van der Waals surface area contributed by atoms with Crippen molar-refractivity contribution in [1.82, 2.24) is 0 Å². The van der Waals surface area contributed by atoms with E-state index in [9.17, 15) is 9.36 Å². The standard InChI is InChI=1S/C5H11O5P/c1-5(2,3)4(6)10-11(7,8)9/h1-3H3,(H2,7,8,9). The third kappa shape index (κ3) is 4.95. The van der Waals surface area contributed by atoms with Crippen LogP contribution in [0.25, 0.3) is 0 Å². The fourth-order valence-electron chi connectivity index (χ4n) is 0.245. The van der Waals surface area contributed by atoms with Crippen LogP contribution in [0, 0.1) is 5.41 Å². The molecule has 0 atom stereocenters. The fraction of sp³-hybridized carbons (Fsp3) is 0.800. The zero-order chi connectivity index (χ0) is 9.28. The van der Waals surface area contributed by atoms with Gasteiger partial charge < -0.3 is 4.52 Å². The molecule has 0 bridgehead atoms. The first kappa shape index (κ1) is 10.6. The first-order chi connectivity index (χ1) is 4.63. The van der Waals surface area contributed by atoms with Gasteiger partial charge >= 0.3 is 13.8 Å². The summed E-state index contributed by atoms with van der Waals surface area (Å²) in [6.45, 7) is 4.51. The molecule has 0 aliphatic rings. The summed E-state index contributed by atoms with van der Waals surface area (Å²) in [6, 6.07) is 0. The Hall–Kier alpha value is -0.380. The second-order valence-corrected chi connectivity index (χ2v) is 4.28. The highest BCUT2D eigenvalue weighted by atomic mass is 31.2. The monoisotopic (exact) mass is 182 g/mol. The summed E-state index contributed by atoms with van der Waals surface area (Å²) in [7, 11) is -4.67. The van der Waals surface area contributed by atoms with Crippen LogP contribution in [0.2, 0.25) is 0 Å². The maximum Gasteiger partial charge on any atom is 0.527 e.